The van der Waals surface area contributed by atoms with Crippen LogP contribution in [0.25, 0.3) is 11.0 Å². The summed E-state index contributed by atoms with van der Waals surface area (Å²) in [7, 11) is 0. The molecule has 4 rings (SSSR count). The van der Waals surface area contributed by atoms with E-state index in [1.54, 1.807) is 12.4 Å². The molecular weight excluding hydrogens is 316 g/mol. The summed E-state index contributed by atoms with van der Waals surface area (Å²) in [6.07, 6.45) is 6.59. The second kappa shape index (κ2) is 6.82. The minimum absolute atomic E-state index is 0.336. The number of aromatic nitrogens is 3. The molecule has 25 heavy (non-hydrogen) atoms. The van der Waals surface area contributed by atoms with Crippen LogP contribution in [0.3, 0.4) is 0 Å². The Hall–Kier alpha value is -2.44. The fourth-order valence-corrected chi connectivity index (χ4v) is 3.89. The van der Waals surface area contributed by atoms with Gasteiger partial charge >= 0.3 is 0 Å². The fourth-order valence-electron chi connectivity index (χ4n) is 3.89. The molecule has 2 aromatic heterocycles. The maximum atomic E-state index is 12.3. The molecule has 7 heteroatoms. The number of fused-ring (bicyclic) bond motifs is 1. The van der Waals surface area contributed by atoms with Crippen molar-refractivity contribution in [2.24, 2.45) is 5.92 Å². The number of likely N-dealkylation sites (tertiary alicyclic amines) is 1. The predicted octanol–water partition coefficient (Wildman–Crippen LogP) is 1.84. The molecule has 0 aliphatic carbocycles. The summed E-state index contributed by atoms with van der Waals surface area (Å²) in [5, 5.41) is 0.934. The number of anilines is 2. The second-order valence-corrected chi connectivity index (χ2v) is 7.03. The van der Waals surface area contributed by atoms with Crippen molar-refractivity contribution in [3.63, 3.8) is 0 Å². The van der Waals surface area contributed by atoms with Crippen molar-refractivity contribution in [1.29, 1.82) is 0 Å². The van der Waals surface area contributed by atoms with Gasteiger partial charge in [-0.05, 0) is 43.7 Å². The van der Waals surface area contributed by atoms with E-state index in [4.69, 9.17) is 5.73 Å². The van der Waals surface area contributed by atoms with Crippen LogP contribution in [-0.4, -0.2) is 51.9 Å². The second-order valence-electron chi connectivity index (χ2n) is 7.03. The van der Waals surface area contributed by atoms with Gasteiger partial charge in [0.05, 0.1) is 5.39 Å². The molecule has 2 saturated heterocycles. The van der Waals surface area contributed by atoms with Crippen molar-refractivity contribution in [2.45, 2.75) is 32.1 Å². The lowest BCUT2D eigenvalue weighted by Gasteiger charge is -2.33. The van der Waals surface area contributed by atoms with Crippen LogP contribution in [0.4, 0.5) is 11.6 Å². The fraction of sp³-hybridized carbons (Fsp3) is 0.556. The van der Waals surface area contributed by atoms with E-state index in [9.17, 15) is 4.79 Å². The van der Waals surface area contributed by atoms with Crippen LogP contribution in [0.2, 0.25) is 0 Å². The Labute approximate surface area is 147 Å². The highest BCUT2D eigenvalue weighted by molar-refractivity contribution is 5.87. The van der Waals surface area contributed by atoms with E-state index in [-0.39, 0.29) is 0 Å². The first-order valence-corrected chi connectivity index (χ1v) is 9.10. The number of pyridine rings is 1. The summed E-state index contributed by atoms with van der Waals surface area (Å²) in [5.74, 6) is 2.20. The normalized spacial score (nSPS) is 18.9. The van der Waals surface area contributed by atoms with Gasteiger partial charge in [-0.15, -0.1) is 0 Å². The smallest absolute Gasteiger partial charge is 0.222 e. The minimum Gasteiger partial charge on any atom is -0.384 e. The molecule has 2 aliphatic heterocycles. The maximum absolute atomic E-state index is 12.3. The van der Waals surface area contributed by atoms with E-state index in [0.29, 0.717) is 29.7 Å². The lowest BCUT2D eigenvalue weighted by molar-refractivity contribution is -0.131. The Morgan fingerprint density at radius 3 is 2.64 bits per heavy atom. The highest BCUT2D eigenvalue weighted by Gasteiger charge is 2.26. The zero-order chi connectivity index (χ0) is 17.2. The van der Waals surface area contributed by atoms with Gasteiger partial charge in [-0.25, -0.2) is 15.0 Å². The molecule has 2 N–H and O–H groups in total. The number of rotatable bonds is 3. The molecule has 2 aliphatic rings. The number of hydrogen-bond acceptors (Lipinski definition) is 6. The van der Waals surface area contributed by atoms with Gasteiger partial charge in [-0.1, -0.05) is 0 Å². The van der Waals surface area contributed by atoms with Crippen LogP contribution in [0, 0.1) is 5.92 Å². The SMILES string of the molecule is Nc1ccc2c(N3CCC(CC(=O)N4CCCC4)CC3)ncnc2n1. The first-order valence-electron chi connectivity index (χ1n) is 9.10. The standard InChI is InChI=1S/C18H24N6O/c19-15-4-3-14-17(22-15)20-12-21-18(14)24-9-5-13(6-10-24)11-16(25)23-7-1-2-8-23/h3-4,12-13H,1-2,5-11H2,(H2,19,20,21,22). The molecule has 2 fully saturated rings. The summed E-state index contributed by atoms with van der Waals surface area (Å²) in [4.78, 5) is 29.6. The van der Waals surface area contributed by atoms with E-state index < -0.39 is 0 Å². The van der Waals surface area contributed by atoms with Crippen molar-refractivity contribution in [2.75, 3.05) is 36.8 Å². The number of carbonyl (C=O) groups is 1. The van der Waals surface area contributed by atoms with Gasteiger partial charge in [0.25, 0.3) is 0 Å². The Kier molecular flexibility index (Phi) is 4.38. The molecule has 1 amide bonds. The summed E-state index contributed by atoms with van der Waals surface area (Å²) in [5.41, 5.74) is 6.38. The number of carbonyl (C=O) groups excluding carboxylic acids is 1. The predicted molar refractivity (Wildman–Crippen MR) is 97.1 cm³/mol. The zero-order valence-corrected chi connectivity index (χ0v) is 14.4. The summed E-state index contributed by atoms with van der Waals surface area (Å²) in [6.45, 7) is 3.71. The average molecular weight is 340 g/mol. The third-order valence-electron chi connectivity index (χ3n) is 5.33. The van der Waals surface area contributed by atoms with Gasteiger partial charge in [-0.2, -0.15) is 0 Å². The van der Waals surface area contributed by atoms with Crippen LogP contribution in [0.1, 0.15) is 32.1 Å². The molecule has 7 nitrogen and oxygen atoms in total. The van der Waals surface area contributed by atoms with E-state index in [2.05, 4.69) is 19.9 Å². The van der Waals surface area contributed by atoms with Crippen molar-refractivity contribution in [3.05, 3.63) is 18.5 Å². The van der Waals surface area contributed by atoms with Crippen molar-refractivity contribution < 1.29 is 4.79 Å². The van der Waals surface area contributed by atoms with Crippen molar-refractivity contribution in [3.8, 4) is 0 Å². The van der Waals surface area contributed by atoms with E-state index >= 15 is 0 Å². The molecule has 4 heterocycles. The van der Waals surface area contributed by atoms with Gasteiger partial charge in [0.2, 0.25) is 5.91 Å². The Balaban J connectivity index is 1.41. The molecule has 0 spiro atoms. The summed E-state index contributed by atoms with van der Waals surface area (Å²) < 4.78 is 0. The summed E-state index contributed by atoms with van der Waals surface area (Å²) in [6, 6.07) is 3.73. The molecule has 0 radical (unpaired) electrons. The highest BCUT2D eigenvalue weighted by atomic mass is 16.2. The van der Waals surface area contributed by atoms with E-state index in [0.717, 1.165) is 63.1 Å². The third kappa shape index (κ3) is 3.36. The third-order valence-corrected chi connectivity index (χ3v) is 5.33. The Morgan fingerprint density at radius 1 is 1.12 bits per heavy atom. The zero-order valence-electron chi connectivity index (χ0n) is 14.4. The molecule has 0 saturated carbocycles. The lowest BCUT2D eigenvalue weighted by Crippen LogP contribution is -2.37. The first-order chi connectivity index (χ1) is 12.2. The largest absolute Gasteiger partial charge is 0.384 e. The number of piperidine rings is 1. The topological polar surface area (TPSA) is 88.2 Å². The monoisotopic (exact) mass is 340 g/mol. The Bertz CT molecular complexity index is 765. The number of nitrogens with zero attached hydrogens (tertiary/aromatic N) is 5. The number of amides is 1. The molecule has 0 bridgehead atoms. The molecule has 0 unspecified atom stereocenters. The molecule has 132 valence electrons. The molecule has 0 aromatic carbocycles. The highest BCUT2D eigenvalue weighted by Crippen LogP contribution is 2.29. The lowest BCUT2D eigenvalue weighted by atomic mass is 9.93. The molecule has 0 atom stereocenters. The van der Waals surface area contributed by atoms with Gasteiger partial charge in [0.15, 0.2) is 5.65 Å². The Morgan fingerprint density at radius 2 is 1.88 bits per heavy atom. The van der Waals surface area contributed by atoms with Crippen LogP contribution in [0.5, 0.6) is 0 Å². The molecule has 2 aromatic rings. The maximum Gasteiger partial charge on any atom is 0.222 e. The van der Waals surface area contributed by atoms with E-state index in [1.807, 2.05) is 11.0 Å². The van der Waals surface area contributed by atoms with Crippen LogP contribution in [0.15, 0.2) is 18.5 Å². The summed E-state index contributed by atoms with van der Waals surface area (Å²) >= 11 is 0. The van der Waals surface area contributed by atoms with Gasteiger partial charge in [0, 0.05) is 32.6 Å². The number of nitrogens with two attached hydrogens (primary N) is 1. The van der Waals surface area contributed by atoms with Crippen LogP contribution < -0.4 is 10.6 Å². The van der Waals surface area contributed by atoms with Crippen LogP contribution >= 0.6 is 0 Å². The molecular formula is C18H24N6O. The van der Waals surface area contributed by atoms with Crippen LogP contribution in [-0.2, 0) is 4.79 Å². The van der Waals surface area contributed by atoms with Crippen molar-refractivity contribution in [1.82, 2.24) is 19.9 Å². The van der Waals surface area contributed by atoms with Gasteiger partial charge in [0.1, 0.15) is 18.0 Å². The van der Waals surface area contributed by atoms with Gasteiger partial charge in [-0.3, -0.25) is 4.79 Å². The number of nitrogen functional groups attached to an aromatic ring is 1. The average Bonchev–Trinajstić information content (AvgIpc) is 3.16. The minimum atomic E-state index is 0.336. The van der Waals surface area contributed by atoms with Crippen molar-refractivity contribution >= 4 is 28.6 Å². The first kappa shape index (κ1) is 16.1. The van der Waals surface area contributed by atoms with E-state index in [1.165, 1.54) is 0 Å². The van der Waals surface area contributed by atoms with Gasteiger partial charge < -0.3 is 15.5 Å². The number of hydrogen-bond donors (Lipinski definition) is 1. The quantitative estimate of drug-likeness (QED) is 0.917.